The predicted molar refractivity (Wildman–Crippen MR) is 75.5 cm³/mol. The lowest BCUT2D eigenvalue weighted by Gasteiger charge is -2.29. The number of halogens is 7. The smallest absolute Gasteiger partial charge is 0.380 e. The Morgan fingerprint density at radius 1 is 1.17 bits per heavy atom. The number of hydrogen-bond acceptors (Lipinski definition) is 1. The minimum atomic E-state index is -4.80. The molecule has 0 heterocycles. The molecule has 0 fully saturated rings. The van der Waals surface area contributed by atoms with Crippen molar-refractivity contribution in [2.24, 2.45) is 0 Å². The van der Waals surface area contributed by atoms with Gasteiger partial charge < -0.3 is 4.74 Å². The summed E-state index contributed by atoms with van der Waals surface area (Å²) in [6.07, 6.45) is -11.1. The lowest BCUT2D eigenvalue weighted by atomic mass is 9.88. The van der Waals surface area contributed by atoms with Gasteiger partial charge >= 0.3 is 12.4 Å². The number of benzene rings is 1. The lowest BCUT2D eigenvalue weighted by Crippen LogP contribution is -2.33. The van der Waals surface area contributed by atoms with Crippen LogP contribution >= 0.6 is 11.6 Å². The van der Waals surface area contributed by atoms with E-state index in [-0.39, 0.29) is 6.42 Å². The van der Waals surface area contributed by atoms with E-state index >= 15 is 0 Å². The topological polar surface area (TPSA) is 9.23 Å². The molecule has 1 aromatic rings. The molecule has 2 unspecified atom stereocenters. The lowest BCUT2D eigenvalue weighted by molar-refractivity contribution is -0.176. The summed E-state index contributed by atoms with van der Waals surface area (Å²) in [7, 11) is 1.07. The molecule has 23 heavy (non-hydrogen) atoms. The van der Waals surface area contributed by atoms with Crippen LogP contribution in [-0.2, 0) is 10.9 Å². The average molecular weight is 361 g/mol. The van der Waals surface area contributed by atoms with Crippen LogP contribution < -0.4 is 0 Å². The largest absolute Gasteiger partial charge is 0.416 e. The van der Waals surface area contributed by atoms with Gasteiger partial charge in [-0.3, -0.25) is 0 Å². The first-order valence-electron chi connectivity index (χ1n) is 6.47. The van der Waals surface area contributed by atoms with Gasteiger partial charge in [-0.25, -0.2) is 0 Å². The number of alkyl halides is 6. The third-order valence-electron chi connectivity index (χ3n) is 3.18. The van der Waals surface area contributed by atoms with Crippen LogP contribution in [-0.4, -0.2) is 19.4 Å². The SMILES string of the molecule is C=C(C)CC(OC)C(c1cc(Cl)cc(C(F)(F)F)c1)C(F)(F)F. The number of hydrogen-bond donors (Lipinski definition) is 0. The van der Waals surface area contributed by atoms with Gasteiger partial charge in [-0.1, -0.05) is 17.2 Å². The van der Waals surface area contributed by atoms with Crippen molar-refractivity contribution in [1.29, 1.82) is 0 Å². The van der Waals surface area contributed by atoms with Crippen molar-refractivity contribution in [3.05, 3.63) is 46.5 Å². The maximum Gasteiger partial charge on any atom is 0.416 e. The van der Waals surface area contributed by atoms with E-state index in [4.69, 9.17) is 16.3 Å². The van der Waals surface area contributed by atoms with E-state index in [0.717, 1.165) is 13.2 Å². The second-order valence-electron chi connectivity index (χ2n) is 5.23. The molecule has 2 atom stereocenters. The van der Waals surface area contributed by atoms with Gasteiger partial charge in [0.2, 0.25) is 0 Å². The van der Waals surface area contributed by atoms with Gasteiger partial charge in [0.15, 0.2) is 0 Å². The zero-order valence-corrected chi connectivity index (χ0v) is 13.1. The molecule has 0 amide bonds. The predicted octanol–water partition coefficient (Wildman–Crippen LogP) is 5.99. The van der Waals surface area contributed by atoms with Crippen LogP contribution in [0.2, 0.25) is 5.02 Å². The van der Waals surface area contributed by atoms with Crippen molar-refractivity contribution in [2.45, 2.75) is 37.7 Å². The highest BCUT2D eigenvalue weighted by Gasteiger charge is 2.47. The summed E-state index contributed by atoms with van der Waals surface area (Å²) in [6.45, 7) is 5.03. The molecule has 1 nitrogen and oxygen atoms in total. The fraction of sp³-hybridized carbons (Fsp3) is 0.467. The number of rotatable bonds is 5. The highest BCUT2D eigenvalue weighted by atomic mass is 35.5. The summed E-state index contributed by atoms with van der Waals surface area (Å²) in [5, 5.41) is -0.422. The first-order valence-corrected chi connectivity index (χ1v) is 6.85. The van der Waals surface area contributed by atoms with Crippen LogP contribution in [0.3, 0.4) is 0 Å². The van der Waals surface area contributed by atoms with Crippen LogP contribution in [0.4, 0.5) is 26.3 Å². The van der Waals surface area contributed by atoms with Gasteiger partial charge in [-0.2, -0.15) is 26.3 Å². The third kappa shape index (κ3) is 5.42. The third-order valence-corrected chi connectivity index (χ3v) is 3.40. The van der Waals surface area contributed by atoms with Gasteiger partial charge in [0, 0.05) is 12.1 Å². The quantitative estimate of drug-likeness (QED) is 0.463. The minimum absolute atomic E-state index is 0.144. The fourth-order valence-corrected chi connectivity index (χ4v) is 2.49. The fourth-order valence-electron chi connectivity index (χ4n) is 2.25. The molecule has 0 radical (unpaired) electrons. The molecule has 0 aliphatic carbocycles. The van der Waals surface area contributed by atoms with E-state index in [9.17, 15) is 26.3 Å². The molecule has 0 aliphatic rings. The van der Waals surface area contributed by atoms with Crippen LogP contribution in [0.25, 0.3) is 0 Å². The van der Waals surface area contributed by atoms with E-state index in [1.54, 1.807) is 0 Å². The Labute approximate surface area is 134 Å². The van der Waals surface area contributed by atoms with Gasteiger partial charge in [-0.15, -0.1) is 6.58 Å². The molecular weight excluding hydrogens is 346 g/mol. The van der Waals surface area contributed by atoms with Crippen molar-refractivity contribution in [3.63, 3.8) is 0 Å². The molecule has 8 heteroatoms. The molecule has 0 bridgehead atoms. The van der Waals surface area contributed by atoms with Crippen molar-refractivity contribution in [1.82, 2.24) is 0 Å². The maximum absolute atomic E-state index is 13.4. The highest BCUT2D eigenvalue weighted by molar-refractivity contribution is 6.30. The molecule has 0 saturated carbocycles. The van der Waals surface area contributed by atoms with Crippen molar-refractivity contribution in [3.8, 4) is 0 Å². The number of methoxy groups -OCH3 is 1. The second-order valence-corrected chi connectivity index (χ2v) is 5.66. The molecule has 130 valence electrons. The molecular formula is C15H15ClF6O. The number of ether oxygens (including phenoxy) is 1. The standard InChI is InChI=1S/C15H15ClF6O/c1-8(2)4-12(23-3)13(15(20,21)22)9-5-10(14(17,18)19)7-11(16)6-9/h5-7,12-13H,1,4H2,2-3H3. The first kappa shape index (κ1) is 19.8. The zero-order chi connectivity index (χ0) is 18.0. The molecule has 0 N–H and O–H groups in total. The Kier molecular flexibility index (Phi) is 6.15. The Balaban J connectivity index is 3.44. The van der Waals surface area contributed by atoms with Gasteiger partial charge in [0.1, 0.15) is 5.92 Å². The van der Waals surface area contributed by atoms with E-state index in [1.165, 1.54) is 6.92 Å². The zero-order valence-electron chi connectivity index (χ0n) is 12.4. The summed E-state index contributed by atoms with van der Waals surface area (Å²) in [5.41, 5.74) is -1.41. The maximum atomic E-state index is 13.4. The summed E-state index contributed by atoms with van der Waals surface area (Å²) >= 11 is 5.58. The van der Waals surface area contributed by atoms with Crippen molar-refractivity contribution in [2.75, 3.05) is 7.11 Å². The van der Waals surface area contributed by atoms with Crippen LogP contribution in [0, 0.1) is 0 Å². The Hall–Kier alpha value is -1.21. The van der Waals surface area contributed by atoms with Gasteiger partial charge in [0.05, 0.1) is 11.7 Å². The summed E-state index contributed by atoms with van der Waals surface area (Å²) < 4.78 is 83.6. The van der Waals surface area contributed by atoms with Crippen molar-refractivity contribution >= 4 is 11.6 Å². The molecule has 1 aromatic carbocycles. The second kappa shape index (κ2) is 7.13. The summed E-state index contributed by atoms with van der Waals surface area (Å²) in [5.74, 6) is -2.25. The molecule has 0 aliphatic heterocycles. The van der Waals surface area contributed by atoms with Crippen LogP contribution in [0.15, 0.2) is 30.4 Å². The molecule has 0 spiro atoms. The summed E-state index contributed by atoms with van der Waals surface area (Å²) in [4.78, 5) is 0. The Morgan fingerprint density at radius 2 is 1.74 bits per heavy atom. The monoisotopic (exact) mass is 360 g/mol. The Bertz CT molecular complexity index is 564. The molecule has 1 rings (SSSR count). The van der Waals surface area contributed by atoms with Crippen LogP contribution in [0.1, 0.15) is 30.4 Å². The van der Waals surface area contributed by atoms with Crippen LogP contribution in [0.5, 0.6) is 0 Å². The highest BCUT2D eigenvalue weighted by Crippen LogP contribution is 2.43. The van der Waals surface area contributed by atoms with E-state index in [2.05, 4.69) is 6.58 Å². The first-order chi connectivity index (χ1) is 10.4. The van der Waals surface area contributed by atoms with Crippen molar-refractivity contribution < 1.29 is 31.1 Å². The minimum Gasteiger partial charge on any atom is -0.380 e. The average Bonchev–Trinajstić information content (AvgIpc) is 2.34. The molecule has 0 aromatic heterocycles. The van der Waals surface area contributed by atoms with E-state index in [1.807, 2.05) is 0 Å². The molecule has 0 saturated heterocycles. The van der Waals surface area contributed by atoms with Gasteiger partial charge in [-0.05, 0) is 37.1 Å². The van der Waals surface area contributed by atoms with Gasteiger partial charge in [0.25, 0.3) is 0 Å². The van der Waals surface area contributed by atoms with E-state index in [0.29, 0.717) is 17.7 Å². The normalized spacial score (nSPS) is 15.3. The Morgan fingerprint density at radius 3 is 2.13 bits per heavy atom. The van der Waals surface area contributed by atoms with E-state index < -0.39 is 40.5 Å². The summed E-state index contributed by atoms with van der Waals surface area (Å²) in [6, 6.07) is 1.91.